The summed E-state index contributed by atoms with van der Waals surface area (Å²) in [6.45, 7) is 17.7. The average Bonchev–Trinajstić information content (AvgIpc) is 3.53. The summed E-state index contributed by atoms with van der Waals surface area (Å²) in [6.07, 6.45) is 9.50. The fourth-order valence-corrected chi connectivity index (χ4v) is 13.9. The van der Waals surface area contributed by atoms with E-state index in [-0.39, 0.29) is 41.8 Å². The minimum Gasteiger partial charge on any atom is -0.475 e. The second-order valence-corrected chi connectivity index (χ2v) is 22.6. The topological polar surface area (TPSA) is 104 Å². The molecule has 2 N–H and O–H groups in total. The van der Waals surface area contributed by atoms with Crippen molar-refractivity contribution in [3.63, 3.8) is 0 Å². The normalized spacial score (nSPS) is 30.7. The zero-order valence-electron chi connectivity index (χ0n) is 42.2. The molecule has 366 valence electrons. The summed E-state index contributed by atoms with van der Waals surface area (Å²) in [6, 6.07) is 39.0. The van der Waals surface area contributed by atoms with Crippen LogP contribution in [-0.4, -0.2) is 52.9 Å². The highest BCUT2D eigenvalue weighted by Crippen LogP contribution is 2.71. The molecule has 3 fully saturated rings. The Balaban J connectivity index is 1.40. The number of allylic oxidation sites excluding steroid dienone is 1. The molecule has 8 heteroatoms. The molecule has 0 radical (unpaired) electrons. The van der Waals surface area contributed by atoms with E-state index in [0.29, 0.717) is 34.9 Å². The minimum absolute atomic E-state index is 0.0122. The maximum atomic E-state index is 15.2. The Labute approximate surface area is 406 Å². The molecule has 4 aliphatic carbocycles. The molecule has 68 heavy (non-hydrogen) atoms. The number of hydrogen-bond acceptors (Lipinski definition) is 7. The molecule has 0 saturated heterocycles. The maximum absolute atomic E-state index is 15.2. The van der Waals surface area contributed by atoms with Crippen LogP contribution in [0.1, 0.15) is 135 Å². The first kappa shape index (κ1) is 50.2. The van der Waals surface area contributed by atoms with Crippen molar-refractivity contribution in [2.45, 2.75) is 155 Å². The summed E-state index contributed by atoms with van der Waals surface area (Å²) in [5.41, 5.74) is 1.34. The summed E-state index contributed by atoms with van der Waals surface area (Å²) in [5.74, 6) is -5.33. The summed E-state index contributed by atoms with van der Waals surface area (Å²) in [7, 11) is 1.75. The number of fused-ring (bicyclic) bond motifs is 5. The standard InChI is InChI=1S/C60H78O8/c1-41(2)23-22-24-42(3)52-57(8)38-36-50-49(34-33-47-39-48(61)35-37-56(47,50)7)51(57)53(64-9)59(52,66-55(4,5)6)68-60(54(62)63,65-40-43-25-14-10-15-26-43)67-58(44-27-16-11-17-28-44,45-29-18-12-19-30-45)46-31-20-13-21-32-46/h10-21,25-33,41-42,48-53,61H,22-24,34-40H2,1-9H3,(H,62,63)/t42-,48+,49-,50+,51-,52-,53?,56+,57+,59?,60?/m1/s1. The van der Waals surface area contributed by atoms with Crippen LogP contribution >= 0.6 is 0 Å². The van der Waals surface area contributed by atoms with Gasteiger partial charge in [0.05, 0.1) is 18.3 Å². The Kier molecular flexibility index (Phi) is 14.7. The van der Waals surface area contributed by atoms with Crippen LogP contribution in [0.3, 0.4) is 0 Å². The highest BCUT2D eigenvalue weighted by atomic mass is 16.9. The first-order chi connectivity index (χ1) is 32.4. The Hall–Kier alpha value is -4.15. The van der Waals surface area contributed by atoms with Crippen molar-refractivity contribution in [3.8, 4) is 0 Å². The second-order valence-electron chi connectivity index (χ2n) is 22.6. The minimum atomic E-state index is -2.80. The Morgan fingerprint density at radius 2 is 1.32 bits per heavy atom. The van der Waals surface area contributed by atoms with Gasteiger partial charge in [-0.15, -0.1) is 0 Å². The molecule has 0 spiro atoms. The average molecular weight is 927 g/mol. The molecular formula is C60H78O8. The molecule has 4 aliphatic rings. The number of aliphatic carboxylic acids is 1. The van der Waals surface area contributed by atoms with Crippen LogP contribution in [0.2, 0.25) is 0 Å². The van der Waals surface area contributed by atoms with E-state index in [9.17, 15) is 10.2 Å². The largest absolute Gasteiger partial charge is 0.475 e. The van der Waals surface area contributed by atoms with Gasteiger partial charge in [-0.2, -0.15) is 0 Å². The number of aliphatic hydroxyl groups excluding tert-OH is 1. The van der Waals surface area contributed by atoms with E-state index < -0.39 is 40.5 Å². The van der Waals surface area contributed by atoms with E-state index in [1.807, 2.05) is 142 Å². The van der Waals surface area contributed by atoms with E-state index >= 15 is 4.79 Å². The number of ether oxygens (including phenoxy) is 5. The van der Waals surface area contributed by atoms with Gasteiger partial charge in [0.15, 0.2) is 0 Å². The third-order valence-corrected chi connectivity index (χ3v) is 16.6. The van der Waals surface area contributed by atoms with Gasteiger partial charge in [-0.05, 0) is 122 Å². The quantitative estimate of drug-likeness (QED) is 0.0578. The third-order valence-electron chi connectivity index (χ3n) is 16.6. The molecule has 0 amide bonds. The van der Waals surface area contributed by atoms with E-state index in [0.717, 1.165) is 56.9 Å². The van der Waals surface area contributed by atoms with Crippen molar-refractivity contribution < 1.29 is 38.7 Å². The fourth-order valence-electron chi connectivity index (χ4n) is 13.9. The number of methoxy groups -OCH3 is 1. The first-order valence-electron chi connectivity index (χ1n) is 25.5. The lowest BCUT2D eigenvalue weighted by Gasteiger charge is -2.58. The number of benzene rings is 4. The highest BCUT2D eigenvalue weighted by molar-refractivity contribution is 5.74. The van der Waals surface area contributed by atoms with Crippen LogP contribution in [-0.2, 0) is 40.7 Å². The smallest absolute Gasteiger partial charge is 0.396 e. The Morgan fingerprint density at radius 1 is 0.765 bits per heavy atom. The van der Waals surface area contributed by atoms with Crippen LogP contribution in [0.25, 0.3) is 0 Å². The molecule has 3 unspecified atom stereocenters. The van der Waals surface area contributed by atoms with Crippen LogP contribution in [0, 0.1) is 46.3 Å². The number of carboxylic acids is 1. The molecule has 0 bridgehead atoms. The van der Waals surface area contributed by atoms with E-state index in [2.05, 4.69) is 40.7 Å². The summed E-state index contributed by atoms with van der Waals surface area (Å²) < 4.78 is 37.3. The summed E-state index contributed by atoms with van der Waals surface area (Å²) in [5, 5.41) is 23.3. The van der Waals surface area contributed by atoms with Gasteiger partial charge < -0.3 is 24.4 Å². The SMILES string of the molecule is COC1[C@H]2[C@@H]3CC=C4C[C@@H](O)CC[C@]4(C)[C@H]3CC[C@]2(C)[C@@H]([C@H](C)CCCC(C)C)C1(OC(C)(C)C)OC(OCc1ccccc1)(OC(c1ccccc1)(c1ccccc1)c1ccccc1)C(=O)O. The van der Waals surface area contributed by atoms with E-state index in [1.54, 1.807) is 7.11 Å². The van der Waals surface area contributed by atoms with E-state index in [4.69, 9.17) is 23.7 Å². The number of rotatable bonds is 18. The molecule has 11 atom stereocenters. The van der Waals surface area contributed by atoms with Gasteiger partial charge in [-0.25, -0.2) is 4.79 Å². The van der Waals surface area contributed by atoms with Crippen molar-refractivity contribution in [2.24, 2.45) is 46.3 Å². The van der Waals surface area contributed by atoms with Crippen molar-refractivity contribution in [2.75, 3.05) is 7.11 Å². The van der Waals surface area contributed by atoms with Gasteiger partial charge in [-0.3, -0.25) is 9.47 Å². The predicted octanol–water partition coefficient (Wildman–Crippen LogP) is 13.1. The summed E-state index contributed by atoms with van der Waals surface area (Å²) in [4.78, 5) is 15.2. The highest BCUT2D eigenvalue weighted by Gasteiger charge is 2.76. The van der Waals surface area contributed by atoms with Gasteiger partial charge in [0, 0.05) is 13.0 Å². The number of carboxylic acid groups (broad SMARTS) is 1. The number of aliphatic hydroxyl groups is 1. The van der Waals surface area contributed by atoms with Crippen molar-refractivity contribution >= 4 is 5.97 Å². The molecule has 0 aliphatic heterocycles. The van der Waals surface area contributed by atoms with E-state index in [1.165, 1.54) is 5.57 Å². The zero-order valence-corrected chi connectivity index (χ0v) is 42.2. The molecule has 0 heterocycles. The molecule has 4 aromatic carbocycles. The fraction of sp³-hybridized carbons (Fsp3) is 0.550. The van der Waals surface area contributed by atoms with Gasteiger partial charge in [0.25, 0.3) is 0 Å². The summed E-state index contributed by atoms with van der Waals surface area (Å²) >= 11 is 0. The zero-order chi connectivity index (χ0) is 48.5. The molecule has 3 saturated carbocycles. The molecule has 8 nitrogen and oxygen atoms in total. The second kappa shape index (κ2) is 19.9. The molecule has 8 rings (SSSR count). The third kappa shape index (κ3) is 9.31. The molecular weight excluding hydrogens is 849 g/mol. The van der Waals surface area contributed by atoms with Crippen LogP contribution in [0.15, 0.2) is 133 Å². The van der Waals surface area contributed by atoms with Crippen molar-refractivity contribution in [1.82, 2.24) is 0 Å². The van der Waals surface area contributed by atoms with Crippen molar-refractivity contribution in [1.29, 1.82) is 0 Å². The maximum Gasteiger partial charge on any atom is 0.396 e. The van der Waals surface area contributed by atoms with Crippen molar-refractivity contribution in [3.05, 3.63) is 155 Å². The van der Waals surface area contributed by atoms with Gasteiger partial charge in [-0.1, -0.05) is 187 Å². The van der Waals surface area contributed by atoms with Gasteiger partial charge in [0.2, 0.25) is 5.79 Å². The Bertz CT molecular complexity index is 2210. The first-order valence-corrected chi connectivity index (χ1v) is 25.5. The molecule has 4 aromatic rings. The van der Waals surface area contributed by atoms with Crippen LogP contribution in [0.4, 0.5) is 0 Å². The Morgan fingerprint density at radius 3 is 1.84 bits per heavy atom. The number of carbonyl (C=O) groups is 1. The lowest BCUT2D eigenvalue weighted by Crippen LogP contribution is -2.65. The van der Waals surface area contributed by atoms with Gasteiger partial charge in [0.1, 0.15) is 11.7 Å². The predicted molar refractivity (Wildman–Crippen MR) is 267 cm³/mol. The lowest BCUT2D eigenvalue weighted by atomic mass is 9.46. The monoisotopic (exact) mass is 927 g/mol. The van der Waals surface area contributed by atoms with Crippen LogP contribution in [0.5, 0.6) is 0 Å². The van der Waals surface area contributed by atoms with Gasteiger partial charge >= 0.3 is 11.9 Å². The lowest BCUT2D eigenvalue weighted by molar-refractivity contribution is -0.477. The van der Waals surface area contributed by atoms with Crippen LogP contribution < -0.4 is 0 Å². The number of hydrogen-bond donors (Lipinski definition) is 2. The molecule has 0 aromatic heterocycles.